The topological polar surface area (TPSA) is 67.9 Å². The summed E-state index contributed by atoms with van der Waals surface area (Å²) in [7, 11) is 2.96. The molecule has 22 heavy (non-hydrogen) atoms. The van der Waals surface area contributed by atoms with Gasteiger partial charge in [-0.05, 0) is 37.0 Å². The first-order valence-electron chi connectivity index (χ1n) is 7.41. The summed E-state index contributed by atoms with van der Waals surface area (Å²) < 4.78 is 9.88. The van der Waals surface area contributed by atoms with Crippen molar-refractivity contribution in [3.8, 4) is 5.75 Å². The molecule has 1 aromatic carbocycles. The molecule has 1 N–H and O–H groups in total. The van der Waals surface area contributed by atoms with Gasteiger partial charge >= 0.3 is 6.09 Å². The number of benzene rings is 1. The molecule has 0 aliphatic carbocycles. The van der Waals surface area contributed by atoms with Crippen LogP contribution in [0.5, 0.6) is 5.75 Å². The molecule has 6 nitrogen and oxygen atoms in total. The third kappa shape index (κ3) is 3.90. The smallest absolute Gasteiger partial charge is 0.410 e. The highest BCUT2D eigenvalue weighted by Crippen LogP contribution is 2.18. The molecule has 1 aromatic rings. The van der Waals surface area contributed by atoms with E-state index in [-0.39, 0.29) is 5.91 Å². The minimum absolute atomic E-state index is 0.120. The Morgan fingerprint density at radius 3 is 2.91 bits per heavy atom. The third-order valence-corrected chi connectivity index (χ3v) is 3.81. The molecule has 1 aliphatic heterocycles. The van der Waals surface area contributed by atoms with E-state index in [0.29, 0.717) is 25.9 Å². The SMILES string of the molecule is COC(=O)N1CCCC1C(=O)NCCc1cccc(OC)c1. The molecule has 6 heteroatoms. The van der Waals surface area contributed by atoms with E-state index in [4.69, 9.17) is 9.47 Å². The molecule has 1 fully saturated rings. The van der Waals surface area contributed by atoms with Crippen LogP contribution in [0.1, 0.15) is 18.4 Å². The van der Waals surface area contributed by atoms with Gasteiger partial charge in [0.15, 0.2) is 0 Å². The highest BCUT2D eigenvalue weighted by atomic mass is 16.5. The lowest BCUT2D eigenvalue weighted by Crippen LogP contribution is -2.46. The van der Waals surface area contributed by atoms with Gasteiger partial charge in [-0.25, -0.2) is 4.79 Å². The highest BCUT2D eigenvalue weighted by molar-refractivity contribution is 5.86. The van der Waals surface area contributed by atoms with E-state index in [9.17, 15) is 9.59 Å². The number of hydrogen-bond donors (Lipinski definition) is 1. The van der Waals surface area contributed by atoms with Crippen molar-refractivity contribution in [2.45, 2.75) is 25.3 Å². The Labute approximate surface area is 130 Å². The van der Waals surface area contributed by atoms with Crippen molar-refractivity contribution < 1.29 is 19.1 Å². The van der Waals surface area contributed by atoms with Crippen LogP contribution in [-0.4, -0.2) is 50.3 Å². The Morgan fingerprint density at radius 2 is 2.18 bits per heavy atom. The van der Waals surface area contributed by atoms with Crippen molar-refractivity contribution in [1.29, 1.82) is 0 Å². The van der Waals surface area contributed by atoms with Crippen molar-refractivity contribution in [3.05, 3.63) is 29.8 Å². The first-order valence-corrected chi connectivity index (χ1v) is 7.41. The van der Waals surface area contributed by atoms with Gasteiger partial charge in [-0.15, -0.1) is 0 Å². The van der Waals surface area contributed by atoms with E-state index in [1.807, 2.05) is 24.3 Å². The van der Waals surface area contributed by atoms with E-state index < -0.39 is 12.1 Å². The van der Waals surface area contributed by atoms with Gasteiger partial charge < -0.3 is 14.8 Å². The molecular weight excluding hydrogens is 284 g/mol. The Morgan fingerprint density at radius 1 is 1.36 bits per heavy atom. The number of carbonyl (C=O) groups excluding carboxylic acids is 2. The molecule has 2 amide bonds. The summed E-state index contributed by atoms with van der Waals surface area (Å²) in [5, 5.41) is 2.89. The average Bonchev–Trinajstić information content (AvgIpc) is 3.04. The lowest BCUT2D eigenvalue weighted by molar-refractivity contribution is -0.125. The van der Waals surface area contributed by atoms with E-state index in [1.165, 1.54) is 12.0 Å². The maximum absolute atomic E-state index is 12.2. The van der Waals surface area contributed by atoms with Crippen molar-refractivity contribution in [2.75, 3.05) is 27.3 Å². The van der Waals surface area contributed by atoms with Gasteiger partial charge in [-0.2, -0.15) is 0 Å². The summed E-state index contributed by atoms with van der Waals surface area (Å²) >= 11 is 0. The minimum Gasteiger partial charge on any atom is -0.497 e. The molecule has 120 valence electrons. The first kappa shape index (κ1) is 16.1. The van der Waals surface area contributed by atoms with Crippen LogP contribution in [0.3, 0.4) is 0 Å². The van der Waals surface area contributed by atoms with Crippen molar-refractivity contribution in [1.82, 2.24) is 10.2 Å². The zero-order chi connectivity index (χ0) is 15.9. The number of carbonyl (C=O) groups is 2. The zero-order valence-corrected chi connectivity index (χ0v) is 13.0. The van der Waals surface area contributed by atoms with Gasteiger partial charge in [-0.1, -0.05) is 12.1 Å². The number of rotatable bonds is 5. The van der Waals surface area contributed by atoms with Gasteiger partial charge in [0.2, 0.25) is 5.91 Å². The highest BCUT2D eigenvalue weighted by Gasteiger charge is 2.34. The van der Waals surface area contributed by atoms with Crippen LogP contribution in [0.4, 0.5) is 4.79 Å². The summed E-state index contributed by atoms with van der Waals surface area (Å²) in [5.41, 5.74) is 1.09. The molecule has 0 spiro atoms. The van der Waals surface area contributed by atoms with Gasteiger partial charge in [0.25, 0.3) is 0 Å². The Bertz CT molecular complexity index is 533. The van der Waals surface area contributed by atoms with Crippen molar-refractivity contribution in [2.24, 2.45) is 0 Å². The van der Waals surface area contributed by atoms with Gasteiger partial charge in [-0.3, -0.25) is 9.69 Å². The monoisotopic (exact) mass is 306 g/mol. The van der Waals surface area contributed by atoms with Crippen LogP contribution in [0.2, 0.25) is 0 Å². The summed E-state index contributed by atoms with van der Waals surface area (Å²) in [6.07, 6.45) is 1.78. The summed E-state index contributed by atoms with van der Waals surface area (Å²) in [4.78, 5) is 25.3. The molecule has 1 heterocycles. The molecule has 1 saturated heterocycles. The Hall–Kier alpha value is -2.24. The average molecular weight is 306 g/mol. The Balaban J connectivity index is 1.83. The summed E-state index contributed by atoms with van der Waals surface area (Å²) in [6.45, 7) is 1.10. The van der Waals surface area contributed by atoms with Crippen molar-refractivity contribution >= 4 is 12.0 Å². The lowest BCUT2D eigenvalue weighted by Gasteiger charge is -2.22. The maximum atomic E-state index is 12.2. The molecule has 0 radical (unpaired) electrons. The largest absolute Gasteiger partial charge is 0.497 e. The molecule has 0 bridgehead atoms. The van der Waals surface area contributed by atoms with Crippen LogP contribution >= 0.6 is 0 Å². The van der Waals surface area contributed by atoms with E-state index >= 15 is 0 Å². The number of likely N-dealkylation sites (tertiary alicyclic amines) is 1. The number of methoxy groups -OCH3 is 2. The Kier molecular flexibility index (Phi) is 5.63. The van der Waals surface area contributed by atoms with E-state index in [2.05, 4.69) is 5.32 Å². The second-order valence-electron chi connectivity index (χ2n) is 5.21. The number of ether oxygens (including phenoxy) is 2. The number of hydrogen-bond acceptors (Lipinski definition) is 4. The van der Waals surface area contributed by atoms with Crippen LogP contribution in [0, 0.1) is 0 Å². The third-order valence-electron chi connectivity index (χ3n) is 3.81. The fraction of sp³-hybridized carbons (Fsp3) is 0.500. The second kappa shape index (κ2) is 7.68. The second-order valence-corrected chi connectivity index (χ2v) is 5.21. The van der Waals surface area contributed by atoms with Crippen molar-refractivity contribution in [3.63, 3.8) is 0 Å². The summed E-state index contributed by atoms with van der Waals surface area (Å²) in [5.74, 6) is 0.683. The fourth-order valence-electron chi connectivity index (χ4n) is 2.65. The lowest BCUT2D eigenvalue weighted by atomic mass is 10.1. The summed E-state index contributed by atoms with van der Waals surface area (Å²) in [6, 6.07) is 7.33. The number of amides is 2. The predicted octanol–water partition coefficient (Wildman–Crippen LogP) is 1.58. The minimum atomic E-state index is -0.439. The van der Waals surface area contributed by atoms with E-state index in [1.54, 1.807) is 7.11 Å². The van der Waals surface area contributed by atoms with Gasteiger partial charge in [0.1, 0.15) is 11.8 Å². The molecule has 0 saturated carbocycles. The molecular formula is C16H22N2O4. The zero-order valence-electron chi connectivity index (χ0n) is 13.0. The van der Waals surface area contributed by atoms with Crippen LogP contribution < -0.4 is 10.1 Å². The molecule has 0 aromatic heterocycles. The molecule has 2 rings (SSSR count). The van der Waals surface area contributed by atoms with Crippen LogP contribution in [0.15, 0.2) is 24.3 Å². The molecule has 1 unspecified atom stereocenters. The number of nitrogens with one attached hydrogen (secondary N) is 1. The van der Waals surface area contributed by atoms with Crippen LogP contribution in [-0.2, 0) is 16.0 Å². The van der Waals surface area contributed by atoms with Crippen LogP contribution in [0.25, 0.3) is 0 Å². The number of nitrogens with zero attached hydrogens (tertiary/aromatic N) is 1. The quantitative estimate of drug-likeness (QED) is 0.897. The van der Waals surface area contributed by atoms with Gasteiger partial charge in [0.05, 0.1) is 14.2 Å². The standard InChI is InChI=1S/C16H22N2O4/c1-21-13-6-3-5-12(11-13)8-9-17-15(19)14-7-4-10-18(14)16(20)22-2/h3,5-6,11,14H,4,7-10H2,1-2H3,(H,17,19). The van der Waals surface area contributed by atoms with E-state index in [0.717, 1.165) is 17.7 Å². The molecule has 1 atom stereocenters. The fourth-order valence-corrected chi connectivity index (χ4v) is 2.65. The molecule has 1 aliphatic rings. The maximum Gasteiger partial charge on any atom is 0.410 e. The normalized spacial score (nSPS) is 17.2. The predicted molar refractivity (Wildman–Crippen MR) is 81.8 cm³/mol. The first-order chi connectivity index (χ1) is 10.7. The van der Waals surface area contributed by atoms with Gasteiger partial charge in [0, 0.05) is 13.1 Å².